The highest BCUT2D eigenvalue weighted by molar-refractivity contribution is 6.55. The molecule has 0 heterocycles. The van der Waals surface area contributed by atoms with Gasteiger partial charge in [-0.3, -0.25) is 4.90 Å². The van der Waals surface area contributed by atoms with E-state index in [9.17, 15) is 9.18 Å². The molecule has 5 heteroatoms. The summed E-state index contributed by atoms with van der Waals surface area (Å²) in [4.78, 5) is 11.2. The van der Waals surface area contributed by atoms with Gasteiger partial charge in [0.1, 0.15) is 4.49 Å². The summed E-state index contributed by atoms with van der Waals surface area (Å²) in [5, 5.41) is 0. The third kappa shape index (κ3) is 3.93. The van der Waals surface area contributed by atoms with Gasteiger partial charge in [-0.1, -0.05) is 23.2 Å². The Morgan fingerprint density at radius 2 is 1.83 bits per heavy atom. The lowest BCUT2D eigenvalue weighted by Gasteiger charge is -2.29. The molecule has 0 aromatic heterocycles. The molecule has 2 nitrogen and oxygen atoms in total. The maximum absolute atomic E-state index is 12.3. The van der Waals surface area contributed by atoms with Gasteiger partial charge >= 0.3 is 6.16 Å². The Labute approximate surface area is 80.9 Å². The highest BCUT2D eigenvalue weighted by Crippen LogP contribution is 2.19. The molecule has 0 fully saturated rings. The van der Waals surface area contributed by atoms with Gasteiger partial charge in [-0.2, -0.15) is 0 Å². The van der Waals surface area contributed by atoms with Crippen LogP contribution in [0.2, 0.25) is 0 Å². The zero-order valence-corrected chi connectivity index (χ0v) is 8.58. The fraction of sp³-hybridized carbons (Fsp3) is 0.571. The van der Waals surface area contributed by atoms with Crippen LogP contribution in [0.15, 0.2) is 10.7 Å². The molecular formula is C7H10Cl2FNO. The number of carbonyl (C=O) groups is 1. The van der Waals surface area contributed by atoms with Crippen molar-refractivity contribution in [2.45, 2.75) is 26.3 Å². The van der Waals surface area contributed by atoms with Gasteiger partial charge in [0.05, 0.1) is 0 Å². The van der Waals surface area contributed by atoms with Crippen LogP contribution in [0.4, 0.5) is 9.18 Å². The third-order valence-electron chi connectivity index (χ3n) is 1.14. The van der Waals surface area contributed by atoms with Crippen molar-refractivity contribution in [1.82, 2.24) is 4.90 Å². The smallest absolute Gasteiger partial charge is 0.283 e. The summed E-state index contributed by atoms with van der Waals surface area (Å²) < 4.78 is 12.2. The largest absolute Gasteiger partial charge is 0.404 e. The van der Waals surface area contributed by atoms with Crippen LogP contribution in [0.1, 0.15) is 20.8 Å². The number of halogens is 3. The van der Waals surface area contributed by atoms with E-state index in [1.165, 1.54) is 0 Å². The van der Waals surface area contributed by atoms with Crippen LogP contribution in [-0.2, 0) is 0 Å². The second-order valence-corrected chi connectivity index (χ2v) is 4.22. The number of rotatable bonds is 1. The molecule has 0 saturated heterocycles. The van der Waals surface area contributed by atoms with Gasteiger partial charge < -0.3 is 0 Å². The summed E-state index contributed by atoms with van der Waals surface area (Å²) in [6, 6.07) is 0. The number of amides is 1. The van der Waals surface area contributed by atoms with Gasteiger partial charge in [0, 0.05) is 11.7 Å². The molecule has 0 spiro atoms. The fourth-order valence-corrected chi connectivity index (χ4v) is 0.801. The van der Waals surface area contributed by atoms with E-state index in [1.807, 2.05) is 0 Å². The molecule has 0 N–H and O–H groups in total. The first-order valence-electron chi connectivity index (χ1n) is 3.27. The molecule has 0 aliphatic rings. The Morgan fingerprint density at radius 3 is 1.92 bits per heavy atom. The summed E-state index contributed by atoms with van der Waals surface area (Å²) in [5.41, 5.74) is -0.666. The molecule has 70 valence electrons. The van der Waals surface area contributed by atoms with Gasteiger partial charge in [0.2, 0.25) is 0 Å². The van der Waals surface area contributed by atoms with Crippen molar-refractivity contribution in [1.29, 1.82) is 0 Å². The van der Waals surface area contributed by atoms with Crippen molar-refractivity contribution in [3.05, 3.63) is 10.7 Å². The molecule has 0 rings (SSSR count). The van der Waals surface area contributed by atoms with Crippen molar-refractivity contribution >= 4 is 29.4 Å². The van der Waals surface area contributed by atoms with Crippen molar-refractivity contribution in [3.63, 3.8) is 0 Å². The van der Waals surface area contributed by atoms with Crippen LogP contribution < -0.4 is 0 Å². The normalized spacial score (nSPS) is 10.8. The van der Waals surface area contributed by atoms with Crippen LogP contribution in [-0.4, -0.2) is 16.6 Å². The molecule has 12 heavy (non-hydrogen) atoms. The zero-order chi connectivity index (χ0) is 9.94. The van der Waals surface area contributed by atoms with Crippen LogP contribution >= 0.6 is 23.2 Å². The van der Waals surface area contributed by atoms with E-state index in [-0.39, 0.29) is 4.49 Å². The van der Waals surface area contributed by atoms with Gasteiger partial charge in [0.15, 0.2) is 0 Å². The average Bonchev–Trinajstić information content (AvgIpc) is 1.79. The number of nitrogens with zero attached hydrogens (tertiary/aromatic N) is 1. The first-order valence-corrected chi connectivity index (χ1v) is 4.02. The lowest BCUT2D eigenvalue weighted by molar-refractivity contribution is 0.157. The summed E-state index contributed by atoms with van der Waals surface area (Å²) in [6.07, 6.45) is -0.535. The predicted octanol–water partition coefficient (Wildman–Crippen LogP) is 3.45. The molecule has 0 aliphatic heterocycles. The summed E-state index contributed by atoms with van der Waals surface area (Å²) in [6.45, 7) is 4.99. The van der Waals surface area contributed by atoms with Gasteiger partial charge in [-0.25, -0.2) is 4.79 Å². The monoisotopic (exact) mass is 213 g/mol. The molecule has 0 unspecified atom stereocenters. The number of hydrogen-bond acceptors (Lipinski definition) is 1. The second kappa shape index (κ2) is 4.10. The Balaban J connectivity index is 4.70. The molecule has 0 saturated carbocycles. The lowest BCUT2D eigenvalue weighted by atomic mass is 10.1. The maximum Gasteiger partial charge on any atom is 0.404 e. The number of hydrogen-bond donors (Lipinski definition) is 0. The average molecular weight is 214 g/mol. The van der Waals surface area contributed by atoms with Crippen molar-refractivity contribution in [2.24, 2.45) is 0 Å². The van der Waals surface area contributed by atoms with Crippen LogP contribution in [0.3, 0.4) is 0 Å². The highest BCUT2D eigenvalue weighted by atomic mass is 35.5. The Morgan fingerprint density at radius 1 is 1.42 bits per heavy atom. The van der Waals surface area contributed by atoms with Crippen molar-refractivity contribution in [2.75, 3.05) is 0 Å². The maximum atomic E-state index is 12.3. The third-order valence-corrected chi connectivity index (χ3v) is 1.33. The highest BCUT2D eigenvalue weighted by Gasteiger charge is 2.24. The van der Waals surface area contributed by atoms with Gasteiger partial charge in [0.25, 0.3) is 0 Å². The Bertz CT molecular complexity index is 206. The van der Waals surface area contributed by atoms with Gasteiger partial charge in [-0.15, -0.1) is 4.39 Å². The lowest BCUT2D eigenvalue weighted by Crippen LogP contribution is -2.39. The van der Waals surface area contributed by atoms with Gasteiger partial charge in [-0.05, 0) is 20.8 Å². The molecule has 1 amide bonds. The minimum Gasteiger partial charge on any atom is -0.283 e. The molecule has 0 radical (unpaired) electrons. The fourth-order valence-electron chi connectivity index (χ4n) is 0.606. The Hall–Kier alpha value is -0.280. The summed E-state index contributed by atoms with van der Waals surface area (Å²) in [5.74, 6) is 0. The van der Waals surface area contributed by atoms with E-state index in [4.69, 9.17) is 23.2 Å². The molecular weight excluding hydrogens is 204 g/mol. The van der Waals surface area contributed by atoms with E-state index >= 15 is 0 Å². The van der Waals surface area contributed by atoms with E-state index in [1.54, 1.807) is 20.8 Å². The van der Waals surface area contributed by atoms with Crippen LogP contribution in [0.25, 0.3) is 0 Å². The number of carbonyl (C=O) groups excluding carboxylic acids is 1. The topological polar surface area (TPSA) is 20.3 Å². The minimum absolute atomic E-state index is 0.157. The van der Waals surface area contributed by atoms with E-state index in [0.29, 0.717) is 0 Å². The molecule has 0 aromatic carbocycles. The quantitative estimate of drug-likeness (QED) is 0.483. The SMILES string of the molecule is CC(C)(C)N(C=C(Cl)Cl)C(=O)F. The van der Waals surface area contributed by atoms with Crippen molar-refractivity contribution in [3.8, 4) is 0 Å². The Kier molecular flexibility index (Phi) is 4.00. The molecule has 0 aliphatic carbocycles. The molecule has 0 aromatic rings. The minimum atomic E-state index is -1.58. The molecule has 0 bridgehead atoms. The predicted molar refractivity (Wildman–Crippen MR) is 47.9 cm³/mol. The van der Waals surface area contributed by atoms with E-state index in [0.717, 1.165) is 11.1 Å². The zero-order valence-electron chi connectivity index (χ0n) is 7.07. The van der Waals surface area contributed by atoms with Crippen molar-refractivity contribution < 1.29 is 9.18 Å². The van der Waals surface area contributed by atoms with Crippen LogP contribution in [0.5, 0.6) is 0 Å². The first-order chi connectivity index (χ1) is 5.25. The molecule has 0 atom stereocenters. The van der Waals surface area contributed by atoms with E-state index in [2.05, 4.69) is 0 Å². The second-order valence-electron chi connectivity index (χ2n) is 3.21. The summed E-state index contributed by atoms with van der Waals surface area (Å²) >= 11 is 10.6. The summed E-state index contributed by atoms with van der Waals surface area (Å²) in [7, 11) is 0. The standard InChI is InChI=1S/C7H10Cl2FNO/c1-7(2,3)11(6(10)12)4-5(8)9/h4H,1-3H3. The first kappa shape index (κ1) is 11.7. The van der Waals surface area contributed by atoms with Crippen LogP contribution in [0, 0.1) is 0 Å². The van der Waals surface area contributed by atoms with E-state index < -0.39 is 11.7 Å².